The summed E-state index contributed by atoms with van der Waals surface area (Å²) in [4.78, 5) is 11.9. The van der Waals surface area contributed by atoms with Crippen LogP contribution in [0, 0.1) is 6.92 Å². The second-order valence-electron chi connectivity index (χ2n) is 4.47. The molecule has 0 saturated carbocycles. The van der Waals surface area contributed by atoms with Gasteiger partial charge in [0.1, 0.15) is 5.75 Å². The van der Waals surface area contributed by atoms with Crippen LogP contribution in [0.3, 0.4) is 0 Å². The van der Waals surface area contributed by atoms with E-state index in [1.807, 2.05) is 24.3 Å². The molecule has 0 saturated heterocycles. The van der Waals surface area contributed by atoms with Gasteiger partial charge < -0.3 is 15.8 Å². The lowest BCUT2D eigenvalue weighted by atomic mass is 10.1. The minimum atomic E-state index is -0.269. The van der Waals surface area contributed by atoms with Crippen molar-refractivity contribution in [2.75, 3.05) is 19.4 Å². The Bertz CT molecular complexity index is 607. The molecule has 2 aromatic rings. The van der Waals surface area contributed by atoms with Crippen molar-refractivity contribution in [3.8, 4) is 5.75 Å². The predicted molar refractivity (Wildman–Crippen MR) is 76.8 cm³/mol. The Kier molecular flexibility index (Phi) is 4.24. The molecule has 2 rings (SSSR count). The number of anilines is 1. The number of methoxy groups -OCH3 is 1. The molecule has 20 heavy (non-hydrogen) atoms. The van der Waals surface area contributed by atoms with Gasteiger partial charge in [-0.15, -0.1) is 0 Å². The molecule has 0 atom stereocenters. The third-order valence-corrected chi connectivity index (χ3v) is 3.04. The van der Waals surface area contributed by atoms with E-state index in [1.54, 1.807) is 14.0 Å². The van der Waals surface area contributed by atoms with E-state index in [4.69, 9.17) is 10.5 Å². The highest BCUT2D eigenvalue weighted by Crippen LogP contribution is 2.13. The summed E-state index contributed by atoms with van der Waals surface area (Å²) in [7, 11) is 1.63. The van der Waals surface area contributed by atoms with E-state index in [9.17, 15) is 4.79 Å². The van der Waals surface area contributed by atoms with Gasteiger partial charge in [0, 0.05) is 6.54 Å². The Balaban J connectivity index is 1.89. The molecular weight excluding hydrogens is 256 g/mol. The maximum absolute atomic E-state index is 11.9. The predicted octanol–water partition coefficient (Wildman–Crippen LogP) is 1.28. The maximum atomic E-state index is 11.9. The van der Waals surface area contributed by atoms with Crippen LogP contribution >= 0.6 is 0 Å². The molecule has 0 radical (unpaired) electrons. The summed E-state index contributed by atoms with van der Waals surface area (Å²) < 4.78 is 5.15. The molecule has 0 aliphatic heterocycles. The van der Waals surface area contributed by atoms with Gasteiger partial charge >= 0.3 is 0 Å². The Morgan fingerprint density at radius 1 is 1.50 bits per heavy atom. The van der Waals surface area contributed by atoms with Crippen LogP contribution in [0.2, 0.25) is 0 Å². The van der Waals surface area contributed by atoms with Crippen LogP contribution < -0.4 is 15.8 Å². The van der Waals surface area contributed by atoms with Crippen molar-refractivity contribution < 1.29 is 9.53 Å². The summed E-state index contributed by atoms with van der Waals surface area (Å²) in [6, 6.07) is 7.74. The van der Waals surface area contributed by atoms with Crippen LogP contribution in [-0.2, 0) is 6.42 Å². The van der Waals surface area contributed by atoms with Crippen LogP contribution in [-0.4, -0.2) is 29.8 Å². The second-order valence-corrected chi connectivity index (χ2v) is 4.47. The number of nitrogens with zero attached hydrogens (tertiary/aromatic N) is 1. The Labute approximate surface area is 117 Å². The standard InChI is InChI=1S/C14H18N4O2/c1-9-12(15)13(18-17-9)14(19)16-7-6-10-4-3-5-11(8-10)20-2/h3-5,8H,6-7,15H2,1-2H3,(H,16,19)(H,17,18). The maximum Gasteiger partial charge on any atom is 0.273 e. The first kappa shape index (κ1) is 13.9. The van der Waals surface area contributed by atoms with E-state index in [0.29, 0.717) is 24.3 Å². The molecule has 1 heterocycles. The van der Waals surface area contributed by atoms with Gasteiger partial charge in [0.2, 0.25) is 0 Å². The number of benzene rings is 1. The number of nitrogen functional groups attached to an aromatic ring is 1. The molecule has 1 aromatic heterocycles. The van der Waals surface area contributed by atoms with Gasteiger partial charge in [-0.25, -0.2) is 0 Å². The number of hydrogen-bond donors (Lipinski definition) is 3. The van der Waals surface area contributed by atoms with Crippen LogP contribution in [0.1, 0.15) is 21.7 Å². The van der Waals surface area contributed by atoms with E-state index in [1.165, 1.54) is 0 Å². The van der Waals surface area contributed by atoms with Crippen molar-refractivity contribution >= 4 is 11.6 Å². The summed E-state index contributed by atoms with van der Waals surface area (Å²) >= 11 is 0. The first-order valence-electron chi connectivity index (χ1n) is 6.33. The zero-order valence-electron chi connectivity index (χ0n) is 11.6. The molecular formula is C14H18N4O2. The highest BCUT2D eigenvalue weighted by molar-refractivity contribution is 5.97. The van der Waals surface area contributed by atoms with Crippen molar-refractivity contribution in [1.29, 1.82) is 0 Å². The van der Waals surface area contributed by atoms with E-state index < -0.39 is 0 Å². The van der Waals surface area contributed by atoms with Crippen LogP contribution in [0.4, 0.5) is 5.69 Å². The third kappa shape index (κ3) is 3.09. The van der Waals surface area contributed by atoms with Crippen LogP contribution in [0.5, 0.6) is 5.75 Å². The number of nitrogens with two attached hydrogens (primary N) is 1. The summed E-state index contributed by atoms with van der Waals surface area (Å²) in [6.07, 6.45) is 0.715. The minimum Gasteiger partial charge on any atom is -0.497 e. The molecule has 0 aliphatic carbocycles. The zero-order valence-corrected chi connectivity index (χ0v) is 11.6. The lowest BCUT2D eigenvalue weighted by Crippen LogP contribution is -2.26. The lowest BCUT2D eigenvalue weighted by molar-refractivity contribution is 0.0950. The first-order valence-corrected chi connectivity index (χ1v) is 6.33. The van der Waals surface area contributed by atoms with E-state index >= 15 is 0 Å². The second kappa shape index (κ2) is 6.10. The number of rotatable bonds is 5. The van der Waals surface area contributed by atoms with Crippen molar-refractivity contribution in [3.05, 3.63) is 41.2 Å². The number of nitrogens with one attached hydrogen (secondary N) is 2. The first-order chi connectivity index (χ1) is 9.61. The number of ether oxygens (including phenoxy) is 1. The monoisotopic (exact) mass is 274 g/mol. The van der Waals surface area contributed by atoms with Gasteiger partial charge in [0.15, 0.2) is 5.69 Å². The summed E-state index contributed by atoms with van der Waals surface area (Å²) in [5.74, 6) is 0.538. The number of amides is 1. The van der Waals surface area contributed by atoms with Crippen molar-refractivity contribution in [1.82, 2.24) is 15.5 Å². The largest absolute Gasteiger partial charge is 0.497 e. The zero-order chi connectivity index (χ0) is 14.5. The van der Waals surface area contributed by atoms with Gasteiger partial charge in [-0.3, -0.25) is 9.89 Å². The molecule has 6 heteroatoms. The fourth-order valence-electron chi connectivity index (χ4n) is 1.84. The highest BCUT2D eigenvalue weighted by Gasteiger charge is 2.14. The number of H-pyrrole nitrogens is 1. The molecule has 0 bridgehead atoms. The molecule has 6 nitrogen and oxygen atoms in total. The van der Waals surface area contributed by atoms with Crippen molar-refractivity contribution in [2.45, 2.75) is 13.3 Å². The summed E-state index contributed by atoms with van der Waals surface area (Å²) in [5, 5.41) is 9.37. The highest BCUT2D eigenvalue weighted by atomic mass is 16.5. The normalized spacial score (nSPS) is 10.3. The van der Waals surface area contributed by atoms with E-state index in [2.05, 4.69) is 15.5 Å². The average molecular weight is 274 g/mol. The number of aryl methyl sites for hydroxylation is 1. The van der Waals surface area contributed by atoms with E-state index in [0.717, 1.165) is 11.3 Å². The van der Waals surface area contributed by atoms with Gasteiger partial charge in [-0.1, -0.05) is 12.1 Å². The Morgan fingerprint density at radius 3 is 2.95 bits per heavy atom. The van der Waals surface area contributed by atoms with E-state index in [-0.39, 0.29) is 11.6 Å². The summed E-state index contributed by atoms with van der Waals surface area (Å²) in [5.41, 5.74) is 8.18. The molecule has 106 valence electrons. The van der Waals surface area contributed by atoms with Crippen molar-refractivity contribution in [3.63, 3.8) is 0 Å². The van der Waals surface area contributed by atoms with Crippen molar-refractivity contribution in [2.24, 2.45) is 0 Å². The molecule has 4 N–H and O–H groups in total. The number of hydrogen-bond acceptors (Lipinski definition) is 4. The quantitative estimate of drug-likeness (QED) is 0.765. The Morgan fingerprint density at radius 2 is 2.30 bits per heavy atom. The fraction of sp³-hybridized carbons (Fsp3) is 0.286. The number of aromatic amines is 1. The van der Waals surface area contributed by atoms with Gasteiger partial charge in [0.05, 0.1) is 18.5 Å². The van der Waals surface area contributed by atoms with Gasteiger partial charge in [0.25, 0.3) is 5.91 Å². The molecule has 0 unspecified atom stereocenters. The molecule has 1 aromatic carbocycles. The Hall–Kier alpha value is -2.50. The summed E-state index contributed by atoms with van der Waals surface area (Å²) in [6.45, 7) is 2.28. The third-order valence-electron chi connectivity index (χ3n) is 3.04. The van der Waals surface area contributed by atoms with Crippen LogP contribution in [0.25, 0.3) is 0 Å². The average Bonchev–Trinajstić information content (AvgIpc) is 2.79. The molecule has 0 fully saturated rings. The minimum absolute atomic E-state index is 0.244. The topological polar surface area (TPSA) is 93.0 Å². The fourth-order valence-corrected chi connectivity index (χ4v) is 1.84. The van der Waals surface area contributed by atoms with Gasteiger partial charge in [-0.2, -0.15) is 5.10 Å². The number of carbonyl (C=O) groups excluding carboxylic acids is 1. The molecule has 1 amide bonds. The SMILES string of the molecule is COc1cccc(CCNC(=O)c2n[nH]c(C)c2N)c1. The van der Waals surface area contributed by atoms with Gasteiger partial charge in [-0.05, 0) is 31.0 Å². The lowest BCUT2D eigenvalue weighted by Gasteiger charge is -2.06. The number of carbonyl (C=O) groups is 1. The smallest absolute Gasteiger partial charge is 0.273 e. The molecule has 0 spiro atoms. The number of aromatic nitrogens is 2. The van der Waals surface area contributed by atoms with Crippen LogP contribution in [0.15, 0.2) is 24.3 Å². The molecule has 0 aliphatic rings.